The Kier molecular flexibility index (Phi) is 6.59. The highest BCUT2D eigenvalue weighted by molar-refractivity contribution is 5.95. The Bertz CT molecular complexity index is 1180. The highest BCUT2D eigenvalue weighted by atomic mass is 19.4. The molecule has 178 valence electrons. The molecule has 1 aliphatic heterocycles. The van der Waals surface area contributed by atoms with Gasteiger partial charge in [-0.25, -0.2) is 0 Å². The molecule has 4 rings (SSSR count). The van der Waals surface area contributed by atoms with Crippen molar-refractivity contribution in [2.75, 3.05) is 26.3 Å². The Morgan fingerprint density at radius 1 is 1.18 bits per heavy atom. The van der Waals surface area contributed by atoms with E-state index < -0.39 is 18.0 Å². The number of rotatable bonds is 5. The van der Waals surface area contributed by atoms with Crippen LogP contribution in [0, 0.1) is 6.92 Å². The smallest absolute Gasteiger partial charge is 0.377 e. The quantitative estimate of drug-likeness (QED) is 0.604. The minimum Gasteiger partial charge on any atom is -0.377 e. The molecule has 1 aliphatic rings. The largest absolute Gasteiger partial charge is 0.471 e. The zero-order valence-electron chi connectivity index (χ0n) is 18.0. The van der Waals surface area contributed by atoms with Crippen LogP contribution >= 0.6 is 0 Å². The Labute approximate surface area is 191 Å². The van der Waals surface area contributed by atoms with E-state index in [4.69, 9.17) is 4.74 Å². The van der Waals surface area contributed by atoms with Gasteiger partial charge < -0.3 is 19.5 Å². The number of hydrogen-bond donors (Lipinski definition) is 1. The Morgan fingerprint density at radius 3 is 2.62 bits per heavy atom. The topological polar surface area (TPSA) is 110 Å². The van der Waals surface area contributed by atoms with Gasteiger partial charge in [0.05, 0.1) is 19.3 Å². The van der Waals surface area contributed by atoms with Crippen LogP contribution in [0.15, 0.2) is 47.1 Å². The van der Waals surface area contributed by atoms with Crippen molar-refractivity contribution in [1.29, 1.82) is 0 Å². The van der Waals surface area contributed by atoms with Crippen LogP contribution in [0.5, 0.6) is 0 Å². The van der Waals surface area contributed by atoms with Gasteiger partial charge >= 0.3 is 12.1 Å². The zero-order valence-corrected chi connectivity index (χ0v) is 18.0. The number of carbonyl (C=O) groups is 2. The maximum Gasteiger partial charge on any atom is 0.471 e. The third-order valence-electron chi connectivity index (χ3n) is 5.20. The number of hydrogen-bond acceptors (Lipinski definition) is 7. The van der Waals surface area contributed by atoms with Crippen LogP contribution in [0.2, 0.25) is 0 Å². The van der Waals surface area contributed by atoms with Gasteiger partial charge in [0.25, 0.3) is 11.8 Å². The lowest BCUT2D eigenvalue weighted by molar-refractivity contribution is -0.159. The minimum atomic E-state index is -4.74. The van der Waals surface area contributed by atoms with Gasteiger partial charge in [0.1, 0.15) is 0 Å². The van der Waals surface area contributed by atoms with Crippen molar-refractivity contribution in [1.82, 2.24) is 25.3 Å². The van der Waals surface area contributed by atoms with Crippen LogP contribution in [-0.2, 0) is 10.9 Å². The summed E-state index contributed by atoms with van der Waals surface area (Å²) >= 11 is 0. The van der Waals surface area contributed by atoms with Crippen molar-refractivity contribution < 1.29 is 32.0 Å². The summed E-state index contributed by atoms with van der Waals surface area (Å²) in [4.78, 5) is 34.6. The molecule has 12 heteroatoms. The predicted octanol–water partition coefficient (Wildman–Crippen LogP) is 2.73. The molecule has 0 aliphatic carbocycles. The summed E-state index contributed by atoms with van der Waals surface area (Å²) in [6.07, 6.45) is -3.17. The lowest BCUT2D eigenvalue weighted by Crippen LogP contribution is -2.53. The normalized spacial score (nSPS) is 16.4. The molecule has 1 atom stereocenters. The van der Waals surface area contributed by atoms with E-state index in [-0.39, 0.29) is 42.1 Å². The Hall–Kier alpha value is -3.80. The van der Waals surface area contributed by atoms with Crippen molar-refractivity contribution in [2.24, 2.45) is 0 Å². The fourth-order valence-corrected chi connectivity index (χ4v) is 3.47. The molecule has 0 saturated carbocycles. The summed E-state index contributed by atoms with van der Waals surface area (Å²) in [7, 11) is 0. The Balaban J connectivity index is 1.39. The second kappa shape index (κ2) is 9.59. The summed E-state index contributed by atoms with van der Waals surface area (Å²) in [6.45, 7) is 3.02. The van der Waals surface area contributed by atoms with E-state index in [1.807, 2.05) is 0 Å². The van der Waals surface area contributed by atoms with E-state index >= 15 is 0 Å². The molecular weight excluding hydrogens is 455 g/mol. The number of alkyl halides is 3. The lowest BCUT2D eigenvalue weighted by atomic mass is 10.1. The van der Waals surface area contributed by atoms with Gasteiger partial charge in [0, 0.05) is 41.7 Å². The number of morpholine rings is 1. The van der Waals surface area contributed by atoms with Crippen LogP contribution in [-0.4, -0.2) is 64.2 Å². The SMILES string of the molecule is Cc1cc(C(=O)N2CCOC[C@H]2CNC(=O)c2ccc(-c3noc(C(F)(F)F)n3)cc2)ccn1. The first-order chi connectivity index (χ1) is 16.2. The Morgan fingerprint density at radius 2 is 1.94 bits per heavy atom. The highest BCUT2D eigenvalue weighted by Crippen LogP contribution is 2.29. The number of pyridine rings is 1. The summed E-state index contributed by atoms with van der Waals surface area (Å²) in [5.74, 6) is -2.26. The van der Waals surface area contributed by atoms with E-state index in [0.717, 1.165) is 5.69 Å². The molecule has 1 N–H and O–H groups in total. The van der Waals surface area contributed by atoms with Gasteiger partial charge in [-0.15, -0.1) is 0 Å². The molecule has 2 aromatic heterocycles. The van der Waals surface area contributed by atoms with Crippen LogP contribution in [0.1, 0.15) is 32.3 Å². The van der Waals surface area contributed by atoms with Crippen LogP contribution < -0.4 is 5.32 Å². The molecule has 34 heavy (non-hydrogen) atoms. The minimum absolute atomic E-state index is 0.163. The molecule has 1 saturated heterocycles. The van der Waals surface area contributed by atoms with E-state index in [9.17, 15) is 22.8 Å². The number of amides is 2. The number of ether oxygens (including phenoxy) is 1. The van der Waals surface area contributed by atoms with E-state index in [1.54, 1.807) is 30.2 Å². The molecule has 3 heterocycles. The summed E-state index contributed by atoms with van der Waals surface area (Å²) < 4.78 is 47.6. The predicted molar refractivity (Wildman–Crippen MR) is 112 cm³/mol. The standard InChI is InChI=1S/C22H20F3N5O4/c1-13-10-16(6-7-26-13)20(32)30-8-9-33-12-17(30)11-27-19(31)15-4-2-14(3-5-15)18-28-21(34-29-18)22(23,24)25/h2-7,10,17H,8-9,11-12H2,1H3,(H,27,31)/t17-/m1/s1. The second-order valence-corrected chi connectivity index (χ2v) is 7.62. The number of nitrogens with zero attached hydrogens (tertiary/aromatic N) is 4. The number of aromatic nitrogens is 3. The third-order valence-corrected chi connectivity index (χ3v) is 5.20. The molecule has 1 fully saturated rings. The van der Waals surface area contributed by atoms with Gasteiger partial charge in [-0.05, 0) is 31.2 Å². The number of nitrogens with one attached hydrogen (secondary N) is 1. The van der Waals surface area contributed by atoms with Crippen molar-refractivity contribution in [3.63, 3.8) is 0 Å². The summed E-state index contributed by atoms with van der Waals surface area (Å²) in [5.41, 5.74) is 1.78. The third kappa shape index (κ3) is 5.22. The first-order valence-electron chi connectivity index (χ1n) is 10.3. The maximum atomic E-state index is 13.0. The molecule has 0 unspecified atom stereocenters. The average Bonchev–Trinajstić information content (AvgIpc) is 3.33. The van der Waals surface area contributed by atoms with Crippen LogP contribution in [0.4, 0.5) is 13.2 Å². The molecule has 3 aromatic rings. The second-order valence-electron chi connectivity index (χ2n) is 7.62. The maximum absolute atomic E-state index is 13.0. The first-order valence-corrected chi connectivity index (χ1v) is 10.3. The van der Waals surface area contributed by atoms with Gasteiger partial charge in [0.2, 0.25) is 5.82 Å². The lowest BCUT2D eigenvalue weighted by Gasteiger charge is -2.35. The van der Waals surface area contributed by atoms with Crippen LogP contribution in [0.3, 0.4) is 0 Å². The van der Waals surface area contributed by atoms with Crippen LogP contribution in [0.25, 0.3) is 11.4 Å². The number of benzene rings is 1. The van der Waals surface area contributed by atoms with Gasteiger partial charge in [-0.3, -0.25) is 14.6 Å². The molecular formula is C22H20F3N5O4. The molecule has 1 aromatic carbocycles. The fraction of sp³-hybridized carbons (Fsp3) is 0.318. The van der Waals surface area contributed by atoms with Crippen molar-refractivity contribution in [3.05, 3.63) is 65.3 Å². The van der Waals surface area contributed by atoms with E-state index in [1.165, 1.54) is 24.3 Å². The number of halogens is 3. The van der Waals surface area contributed by atoms with Crippen molar-refractivity contribution >= 4 is 11.8 Å². The van der Waals surface area contributed by atoms with E-state index in [0.29, 0.717) is 18.7 Å². The van der Waals surface area contributed by atoms with Crippen molar-refractivity contribution in [2.45, 2.75) is 19.1 Å². The summed E-state index contributed by atoms with van der Waals surface area (Å²) in [6, 6.07) is 8.71. The molecule has 9 nitrogen and oxygen atoms in total. The number of aryl methyl sites for hydroxylation is 1. The van der Waals surface area contributed by atoms with Gasteiger partial charge in [-0.1, -0.05) is 17.3 Å². The fourth-order valence-electron chi connectivity index (χ4n) is 3.47. The average molecular weight is 475 g/mol. The monoisotopic (exact) mass is 475 g/mol. The summed E-state index contributed by atoms with van der Waals surface area (Å²) in [5, 5.41) is 6.09. The molecule has 0 radical (unpaired) electrons. The zero-order chi connectivity index (χ0) is 24.3. The molecule has 2 amide bonds. The van der Waals surface area contributed by atoms with Gasteiger partial charge in [0.15, 0.2) is 0 Å². The van der Waals surface area contributed by atoms with Gasteiger partial charge in [-0.2, -0.15) is 18.2 Å². The van der Waals surface area contributed by atoms with Crippen molar-refractivity contribution in [3.8, 4) is 11.4 Å². The first kappa shape index (κ1) is 23.4. The number of carbonyl (C=O) groups excluding carboxylic acids is 2. The molecule has 0 spiro atoms. The highest BCUT2D eigenvalue weighted by Gasteiger charge is 2.38. The molecule has 0 bridgehead atoms. The van der Waals surface area contributed by atoms with E-state index in [2.05, 4.69) is 25.0 Å².